The predicted molar refractivity (Wildman–Crippen MR) is 68.3 cm³/mol. The molecule has 2 aromatic rings. The molecule has 0 bridgehead atoms. The number of aromatic nitrogens is 4. The number of hydrogen-bond acceptors (Lipinski definition) is 6. The normalized spacial score (nSPS) is 20.5. The largest absolute Gasteiger partial charge is 0.380 e. The summed E-state index contributed by atoms with van der Waals surface area (Å²) in [5, 5.41) is 0. The average molecular weight is 248 g/mol. The fraction of sp³-hybridized carbons (Fsp3) is 0.545. The molecule has 0 radical (unpaired) electrons. The minimum Gasteiger partial charge on any atom is -0.380 e. The van der Waals surface area contributed by atoms with Crippen molar-refractivity contribution < 1.29 is 4.74 Å². The van der Waals surface area contributed by atoms with E-state index in [0.717, 1.165) is 37.3 Å². The second-order valence-corrected chi connectivity index (χ2v) is 4.45. The average Bonchev–Trinajstić information content (AvgIpc) is 2.85. The third-order valence-corrected chi connectivity index (χ3v) is 3.29. The highest BCUT2D eigenvalue weighted by atomic mass is 16.5. The molecular formula is C11H16N6O. The summed E-state index contributed by atoms with van der Waals surface area (Å²) >= 11 is 0. The van der Waals surface area contributed by atoms with Gasteiger partial charge in [-0.3, -0.25) is 0 Å². The number of H-pyrrole nitrogens is 1. The Morgan fingerprint density at radius 3 is 3.22 bits per heavy atom. The van der Waals surface area contributed by atoms with Crippen LogP contribution in [-0.4, -0.2) is 46.2 Å². The maximum atomic E-state index is 5.72. The van der Waals surface area contributed by atoms with Crippen LogP contribution in [-0.2, 0) is 4.74 Å². The lowest BCUT2D eigenvalue weighted by molar-refractivity contribution is 0.0892. The van der Waals surface area contributed by atoms with Crippen LogP contribution in [0.4, 0.5) is 11.8 Å². The topological polar surface area (TPSA) is 92.9 Å². The fourth-order valence-corrected chi connectivity index (χ4v) is 2.39. The summed E-state index contributed by atoms with van der Waals surface area (Å²) in [7, 11) is 1.74. The third-order valence-electron chi connectivity index (χ3n) is 3.29. The van der Waals surface area contributed by atoms with Crippen molar-refractivity contribution in [2.24, 2.45) is 0 Å². The Bertz CT molecular complexity index is 553. The molecule has 3 heterocycles. The molecule has 2 aromatic heterocycles. The summed E-state index contributed by atoms with van der Waals surface area (Å²) in [6.45, 7) is 1.77. The van der Waals surface area contributed by atoms with Gasteiger partial charge in [-0.1, -0.05) is 0 Å². The van der Waals surface area contributed by atoms with E-state index in [0.29, 0.717) is 5.65 Å². The number of nitrogens with two attached hydrogens (primary N) is 1. The van der Waals surface area contributed by atoms with Crippen molar-refractivity contribution in [1.29, 1.82) is 0 Å². The quantitative estimate of drug-likeness (QED) is 0.806. The van der Waals surface area contributed by atoms with E-state index in [1.165, 1.54) is 0 Å². The van der Waals surface area contributed by atoms with Gasteiger partial charge in [0.1, 0.15) is 5.52 Å². The first-order valence-electron chi connectivity index (χ1n) is 6.02. The predicted octanol–water partition coefficient (Wildman–Crippen LogP) is 0.550. The van der Waals surface area contributed by atoms with Crippen LogP contribution >= 0.6 is 0 Å². The number of methoxy groups -OCH3 is 1. The van der Waals surface area contributed by atoms with Gasteiger partial charge < -0.3 is 20.4 Å². The van der Waals surface area contributed by atoms with Crippen molar-refractivity contribution in [2.45, 2.75) is 18.9 Å². The van der Waals surface area contributed by atoms with E-state index in [9.17, 15) is 0 Å². The number of nitrogens with one attached hydrogen (secondary N) is 1. The molecule has 0 saturated carbocycles. The number of fused-ring (bicyclic) bond motifs is 1. The van der Waals surface area contributed by atoms with Crippen LogP contribution in [0.5, 0.6) is 0 Å². The number of nitrogens with zero attached hydrogens (tertiary/aromatic N) is 4. The Morgan fingerprint density at radius 1 is 1.50 bits per heavy atom. The van der Waals surface area contributed by atoms with Gasteiger partial charge in [0.05, 0.1) is 12.4 Å². The summed E-state index contributed by atoms with van der Waals surface area (Å²) in [6.07, 6.45) is 4.02. The zero-order valence-electron chi connectivity index (χ0n) is 10.3. The first-order valence-corrected chi connectivity index (χ1v) is 6.02. The van der Waals surface area contributed by atoms with Crippen molar-refractivity contribution in [3.63, 3.8) is 0 Å². The minimum absolute atomic E-state index is 0.243. The molecule has 1 atom stereocenters. The summed E-state index contributed by atoms with van der Waals surface area (Å²) in [4.78, 5) is 17.8. The third kappa shape index (κ3) is 1.86. The molecule has 1 unspecified atom stereocenters. The second kappa shape index (κ2) is 4.41. The molecule has 96 valence electrons. The molecule has 1 saturated heterocycles. The van der Waals surface area contributed by atoms with Crippen LogP contribution in [0.1, 0.15) is 12.8 Å². The standard InChI is InChI=1S/C11H16N6O/c1-18-7-3-2-4-17(5-7)10-8-9(14-6-13-8)15-11(12)16-10/h6-7H,2-5H2,1H3,(H3,12,13,14,15,16). The lowest BCUT2D eigenvalue weighted by Gasteiger charge is -2.32. The number of hydrogen-bond donors (Lipinski definition) is 2. The highest BCUT2D eigenvalue weighted by molar-refractivity contribution is 5.84. The number of anilines is 2. The summed E-state index contributed by atoms with van der Waals surface area (Å²) < 4.78 is 5.42. The van der Waals surface area contributed by atoms with Crippen LogP contribution < -0.4 is 10.6 Å². The number of piperidine rings is 1. The van der Waals surface area contributed by atoms with Crippen LogP contribution in [0.3, 0.4) is 0 Å². The van der Waals surface area contributed by atoms with Crippen molar-refractivity contribution in [1.82, 2.24) is 19.9 Å². The van der Waals surface area contributed by atoms with Crippen LogP contribution in [0.15, 0.2) is 6.33 Å². The Morgan fingerprint density at radius 2 is 2.39 bits per heavy atom. The van der Waals surface area contributed by atoms with Crippen LogP contribution in [0, 0.1) is 0 Å². The van der Waals surface area contributed by atoms with E-state index in [1.807, 2.05) is 0 Å². The van der Waals surface area contributed by atoms with Crippen molar-refractivity contribution in [2.75, 3.05) is 30.8 Å². The van der Waals surface area contributed by atoms with E-state index < -0.39 is 0 Å². The van der Waals surface area contributed by atoms with Crippen LogP contribution in [0.25, 0.3) is 11.2 Å². The molecule has 3 rings (SSSR count). The first kappa shape index (κ1) is 11.2. The lowest BCUT2D eigenvalue weighted by Crippen LogP contribution is -2.40. The monoisotopic (exact) mass is 248 g/mol. The second-order valence-electron chi connectivity index (χ2n) is 4.45. The van der Waals surface area contributed by atoms with E-state index in [1.54, 1.807) is 13.4 Å². The van der Waals surface area contributed by atoms with Gasteiger partial charge in [0.15, 0.2) is 11.5 Å². The van der Waals surface area contributed by atoms with Gasteiger partial charge in [0.25, 0.3) is 0 Å². The maximum Gasteiger partial charge on any atom is 0.224 e. The molecule has 0 aromatic carbocycles. The molecular weight excluding hydrogens is 232 g/mol. The number of ether oxygens (including phenoxy) is 1. The zero-order chi connectivity index (χ0) is 12.5. The molecule has 3 N–H and O–H groups in total. The molecule has 18 heavy (non-hydrogen) atoms. The highest BCUT2D eigenvalue weighted by Gasteiger charge is 2.23. The highest BCUT2D eigenvalue weighted by Crippen LogP contribution is 2.25. The van der Waals surface area contributed by atoms with E-state index in [2.05, 4.69) is 24.8 Å². The molecule has 0 amide bonds. The smallest absolute Gasteiger partial charge is 0.224 e. The molecule has 7 heteroatoms. The number of nitrogen functional groups attached to an aromatic ring is 1. The van der Waals surface area contributed by atoms with Gasteiger partial charge in [-0.2, -0.15) is 9.97 Å². The molecule has 0 spiro atoms. The molecule has 1 fully saturated rings. The number of aromatic amines is 1. The molecule has 0 aliphatic carbocycles. The SMILES string of the molecule is COC1CCCN(c2nc(N)nc3nc[nH]c23)C1. The van der Waals surface area contributed by atoms with E-state index in [4.69, 9.17) is 10.5 Å². The molecule has 1 aliphatic rings. The Hall–Kier alpha value is -1.89. The summed E-state index contributed by atoms with van der Waals surface area (Å²) in [5.74, 6) is 1.07. The molecule has 7 nitrogen and oxygen atoms in total. The van der Waals surface area contributed by atoms with Crippen molar-refractivity contribution in [3.8, 4) is 0 Å². The van der Waals surface area contributed by atoms with Gasteiger partial charge >= 0.3 is 0 Å². The summed E-state index contributed by atoms with van der Waals surface area (Å²) in [6, 6.07) is 0. The van der Waals surface area contributed by atoms with Gasteiger partial charge in [-0.25, -0.2) is 4.98 Å². The van der Waals surface area contributed by atoms with Gasteiger partial charge in [-0.05, 0) is 12.8 Å². The molecule has 1 aliphatic heterocycles. The summed E-state index contributed by atoms with van der Waals surface area (Å²) in [5.41, 5.74) is 7.17. The van der Waals surface area contributed by atoms with Crippen LogP contribution in [0.2, 0.25) is 0 Å². The van der Waals surface area contributed by atoms with E-state index in [-0.39, 0.29) is 12.1 Å². The van der Waals surface area contributed by atoms with Gasteiger partial charge in [0, 0.05) is 20.2 Å². The Kier molecular flexibility index (Phi) is 2.75. The minimum atomic E-state index is 0.243. The van der Waals surface area contributed by atoms with Gasteiger partial charge in [-0.15, -0.1) is 0 Å². The lowest BCUT2D eigenvalue weighted by atomic mass is 10.1. The van der Waals surface area contributed by atoms with Crippen molar-refractivity contribution in [3.05, 3.63) is 6.33 Å². The van der Waals surface area contributed by atoms with E-state index >= 15 is 0 Å². The zero-order valence-corrected chi connectivity index (χ0v) is 10.3. The number of rotatable bonds is 2. The fourth-order valence-electron chi connectivity index (χ4n) is 2.39. The Balaban J connectivity index is 2.00. The van der Waals surface area contributed by atoms with Gasteiger partial charge in [0.2, 0.25) is 5.95 Å². The maximum absolute atomic E-state index is 5.72. The Labute approximate surface area is 104 Å². The van der Waals surface area contributed by atoms with Crippen molar-refractivity contribution >= 4 is 22.9 Å². The number of imidazole rings is 1. The first-order chi connectivity index (χ1) is 8.78.